The second-order valence-corrected chi connectivity index (χ2v) is 2.47. The van der Waals surface area contributed by atoms with Gasteiger partial charge in [-0.25, -0.2) is 0 Å². The first-order chi connectivity index (χ1) is 4.24. The molecule has 0 unspecified atom stereocenters. The van der Waals surface area contributed by atoms with Crippen LogP contribution in [0.3, 0.4) is 0 Å². The van der Waals surface area contributed by atoms with Crippen LogP contribution in [0.15, 0.2) is 11.1 Å². The van der Waals surface area contributed by atoms with Crippen LogP contribution in [0.4, 0.5) is 0 Å². The Kier molecular flexibility index (Phi) is 1.81. The topological polar surface area (TPSA) is 17.8 Å². The number of thiol groups is 1. The summed E-state index contributed by atoms with van der Waals surface area (Å²) in [5.41, 5.74) is 1.07. The van der Waals surface area contributed by atoms with Gasteiger partial charge in [0.1, 0.15) is 0 Å². The molecule has 3 heteroatoms. The van der Waals surface area contributed by atoms with Crippen molar-refractivity contribution < 1.29 is 0 Å². The van der Waals surface area contributed by atoms with E-state index in [0.717, 1.165) is 17.0 Å². The van der Waals surface area contributed by atoms with E-state index < -0.39 is 0 Å². The quantitative estimate of drug-likeness (QED) is 0.585. The number of rotatable bonds is 1. The van der Waals surface area contributed by atoms with Crippen LogP contribution in [-0.4, -0.2) is 9.78 Å². The fourth-order valence-electron chi connectivity index (χ4n) is 0.774. The lowest BCUT2D eigenvalue weighted by Crippen LogP contribution is -1.88. The van der Waals surface area contributed by atoms with E-state index >= 15 is 0 Å². The van der Waals surface area contributed by atoms with Crippen LogP contribution < -0.4 is 0 Å². The van der Waals surface area contributed by atoms with Crippen molar-refractivity contribution in [3.8, 4) is 0 Å². The summed E-state index contributed by atoms with van der Waals surface area (Å²) in [7, 11) is 1.90. The summed E-state index contributed by atoms with van der Waals surface area (Å²) in [5.74, 6) is 0. The number of hydrogen-bond acceptors (Lipinski definition) is 2. The molecule has 0 aliphatic rings. The predicted octanol–water partition coefficient (Wildman–Crippen LogP) is 1.27. The zero-order valence-corrected chi connectivity index (χ0v) is 6.52. The van der Waals surface area contributed by atoms with Gasteiger partial charge in [-0.15, -0.1) is 12.6 Å². The van der Waals surface area contributed by atoms with Gasteiger partial charge in [0.2, 0.25) is 0 Å². The van der Waals surface area contributed by atoms with Crippen molar-refractivity contribution >= 4 is 12.6 Å². The summed E-state index contributed by atoms with van der Waals surface area (Å²) in [5, 5.41) is 4.17. The van der Waals surface area contributed by atoms with E-state index in [1.807, 2.05) is 13.2 Å². The molecule has 0 bridgehead atoms. The SMILES string of the molecule is CCc1nn(C)cc1S. The molecule has 2 nitrogen and oxygen atoms in total. The third kappa shape index (κ3) is 1.27. The highest BCUT2D eigenvalue weighted by atomic mass is 32.1. The van der Waals surface area contributed by atoms with E-state index in [1.165, 1.54) is 0 Å². The Morgan fingerprint density at radius 3 is 2.67 bits per heavy atom. The summed E-state index contributed by atoms with van der Waals surface area (Å²) < 4.78 is 1.78. The van der Waals surface area contributed by atoms with E-state index in [4.69, 9.17) is 0 Å². The monoisotopic (exact) mass is 142 g/mol. The van der Waals surface area contributed by atoms with E-state index in [2.05, 4.69) is 24.7 Å². The molecule has 50 valence electrons. The van der Waals surface area contributed by atoms with Crippen LogP contribution in [-0.2, 0) is 13.5 Å². The first kappa shape index (κ1) is 6.68. The Balaban J connectivity index is 3.01. The molecule has 0 N–H and O–H groups in total. The number of aromatic nitrogens is 2. The van der Waals surface area contributed by atoms with E-state index in [-0.39, 0.29) is 0 Å². The molecule has 0 spiro atoms. The first-order valence-corrected chi connectivity index (χ1v) is 3.40. The van der Waals surface area contributed by atoms with Crippen LogP contribution in [0, 0.1) is 0 Å². The largest absolute Gasteiger partial charge is 0.274 e. The summed E-state index contributed by atoms with van der Waals surface area (Å²) in [6.45, 7) is 2.07. The molecule has 0 aliphatic carbocycles. The zero-order valence-electron chi connectivity index (χ0n) is 5.63. The molecule has 1 aromatic rings. The summed E-state index contributed by atoms with van der Waals surface area (Å²) in [6.07, 6.45) is 2.86. The number of aryl methyl sites for hydroxylation is 2. The maximum Gasteiger partial charge on any atom is 0.0754 e. The number of hydrogen-bond donors (Lipinski definition) is 1. The molecule has 1 rings (SSSR count). The Hall–Kier alpha value is -0.440. The highest BCUT2D eigenvalue weighted by Gasteiger charge is 1.98. The highest BCUT2D eigenvalue weighted by Crippen LogP contribution is 2.10. The van der Waals surface area contributed by atoms with Crippen molar-refractivity contribution in [2.24, 2.45) is 7.05 Å². The minimum atomic E-state index is 0.958. The number of nitrogens with zero attached hydrogens (tertiary/aromatic N) is 2. The predicted molar refractivity (Wildman–Crippen MR) is 39.8 cm³/mol. The van der Waals surface area contributed by atoms with Crippen LogP contribution in [0.25, 0.3) is 0 Å². The molecule has 0 atom stereocenters. The molecule has 0 saturated carbocycles. The first-order valence-electron chi connectivity index (χ1n) is 2.95. The summed E-state index contributed by atoms with van der Waals surface area (Å²) >= 11 is 4.22. The lowest BCUT2D eigenvalue weighted by atomic mass is 10.3. The van der Waals surface area contributed by atoms with Crippen LogP contribution in [0.5, 0.6) is 0 Å². The van der Waals surface area contributed by atoms with Gasteiger partial charge >= 0.3 is 0 Å². The van der Waals surface area contributed by atoms with Gasteiger partial charge in [0.25, 0.3) is 0 Å². The van der Waals surface area contributed by atoms with Gasteiger partial charge in [-0.05, 0) is 6.42 Å². The average Bonchev–Trinajstić information content (AvgIpc) is 2.10. The smallest absolute Gasteiger partial charge is 0.0754 e. The van der Waals surface area contributed by atoms with Crippen LogP contribution >= 0.6 is 12.6 Å². The maximum absolute atomic E-state index is 4.22. The Bertz CT molecular complexity index is 205. The van der Waals surface area contributed by atoms with Gasteiger partial charge in [0.05, 0.1) is 5.69 Å². The maximum atomic E-state index is 4.22. The molecule has 0 saturated heterocycles. The van der Waals surface area contributed by atoms with Crippen LogP contribution in [0.1, 0.15) is 12.6 Å². The van der Waals surface area contributed by atoms with Gasteiger partial charge in [0, 0.05) is 18.1 Å². The van der Waals surface area contributed by atoms with Crippen molar-refractivity contribution in [2.75, 3.05) is 0 Å². The molecule has 1 heterocycles. The molecular weight excluding hydrogens is 132 g/mol. The molecule has 9 heavy (non-hydrogen) atoms. The second-order valence-electron chi connectivity index (χ2n) is 1.99. The summed E-state index contributed by atoms with van der Waals surface area (Å²) in [4.78, 5) is 0.986. The molecule has 0 amide bonds. The fraction of sp³-hybridized carbons (Fsp3) is 0.500. The van der Waals surface area contributed by atoms with Crippen molar-refractivity contribution in [2.45, 2.75) is 18.2 Å². The van der Waals surface area contributed by atoms with Gasteiger partial charge in [-0.3, -0.25) is 4.68 Å². The minimum Gasteiger partial charge on any atom is -0.274 e. The third-order valence-electron chi connectivity index (χ3n) is 1.22. The molecule has 0 aromatic carbocycles. The van der Waals surface area contributed by atoms with Gasteiger partial charge in [-0.1, -0.05) is 6.92 Å². The van der Waals surface area contributed by atoms with E-state index in [1.54, 1.807) is 4.68 Å². The van der Waals surface area contributed by atoms with Crippen molar-refractivity contribution in [1.29, 1.82) is 0 Å². The average molecular weight is 142 g/mol. The molecule has 0 aliphatic heterocycles. The Morgan fingerprint density at radius 1 is 1.78 bits per heavy atom. The highest BCUT2D eigenvalue weighted by molar-refractivity contribution is 7.80. The normalized spacial score (nSPS) is 10.1. The molecule has 0 radical (unpaired) electrons. The molecular formula is C6H10N2S. The fourth-order valence-corrected chi connectivity index (χ4v) is 1.14. The van der Waals surface area contributed by atoms with E-state index in [0.29, 0.717) is 0 Å². The summed E-state index contributed by atoms with van der Waals surface area (Å²) in [6, 6.07) is 0. The second kappa shape index (κ2) is 2.43. The minimum absolute atomic E-state index is 0.958. The Labute approximate surface area is 60.3 Å². The lowest BCUT2D eigenvalue weighted by Gasteiger charge is -1.85. The van der Waals surface area contributed by atoms with Gasteiger partial charge in [0.15, 0.2) is 0 Å². The third-order valence-corrected chi connectivity index (χ3v) is 1.59. The van der Waals surface area contributed by atoms with Crippen LogP contribution in [0.2, 0.25) is 0 Å². The van der Waals surface area contributed by atoms with Gasteiger partial charge in [-0.2, -0.15) is 5.10 Å². The lowest BCUT2D eigenvalue weighted by molar-refractivity contribution is 0.746. The van der Waals surface area contributed by atoms with Crippen molar-refractivity contribution in [3.63, 3.8) is 0 Å². The van der Waals surface area contributed by atoms with Crippen molar-refractivity contribution in [3.05, 3.63) is 11.9 Å². The van der Waals surface area contributed by atoms with Crippen molar-refractivity contribution in [1.82, 2.24) is 9.78 Å². The van der Waals surface area contributed by atoms with E-state index in [9.17, 15) is 0 Å². The zero-order chi connectivity index (χ0) is 6.85. The molecule has 1 aromatic heterocycles. The standard InChI is InChI=1S/C6H10N2S/c1-3-5-6(9)4-8(2)7-5/h4,9H,3H2,1-2H3. The Morgan fingerprint density at radius 2 is 2.44 bits per heavy atom. The van der Waals surface area contributed by atoms with Gasteiger partial charge < -0.3 is 0 Å². The molecule has 0 fully saturated rings.